The van der Waals surface area contributed by atoms with Gasteiger partial charge in [-0.3, -0.25) is 9.69 Å². The lowest BCUT2D eigenvalue weighted by atomic mass is 10.1. The number of carbonyl (C=O) groups is 1. The van der Waals surface area contributed by atoms with E-state index in [4.69, 9.17) is 4.52 Å². The fraction of sp³-hybridized carbons (Fsp3) is 0.450. The summed E-state index contributed by atoms with van der Waals surface area (Å²) in [5.74, 6) is 1.26. The number of rotatable bonds is 11. The normalized spacial score (nSPS) is 12.4. The van der Waals surface area contributed by atoms with Crippen molar-refractivity contribution in [3.63, 3.8) is 0 Å². The second-order valence-electron chi connectivity index (χ2n) is 6.44. The topological polar surface area (TPSA) is 71.3 Å². The molecular formula is C20H26N4O2S2. The highest BCUT2D eigenvalue weighted by atomic mass is 32.1. The molecule has 0 bridgehead atoms. The van der Waals surface area contributed by atoms with Crippen LogP contribution in [0.15, 0.2) is 38.9 Å². The van der Waals surface area contributed by atoms with Crippen LogP contribution in [-0.4, -0.2) is 40.6 Å². The molecule has 0 aliphatic rings. The Bertz CT molecular complexity index is 826. The molecule has 0 aliphatic heterocycles. The van der Waals surface area contributed by atoms with Crippen molar-refractivity contribution in [1.29, 1.82) is 0 Å². The Morgan fingerprint density at radius 3 is 2.82 bits per heavy atom. The van der Waals surface area contributed by atoms with Gasteiger partial charge in [-0.1, -0.05) is 25.1 Å². The lowest BCUT2D eigenvalue weighted by Gasteiger charge is -2.29. The van der Waals surface area contributed by atoms with Crippen LogP contribution in [0.2, 0.25) is 0 Å². The molecule has 0 aliphatic carbocycles. The summed E-state index contributed by atoms with van der Waals surface area (Å²) in [6, 6.07) is 6.28. The van der Waals surface area contributed by atoms with E-state index in [-0.39, 0.29) is 11.9 Å². The summed E-state index contributed by atoms with van der Waals surface area (Å²) in [5, 5.41) is 13.3. The minimum absolute atomic E-state index is 0.0605. The van der Waals surface area contributed by atoms with Crippen molar-refractivity contribution in [1.82, 2.24) is 20.4 Å². The smallest absolute Gasteiger partial charge is 0.226 e. The van der Waals surface area contributed by atoms with Gasteiger partial charge in [0.05, 0.1) is 10.9 Å². The van der Waals surface area contributed by atoms with E-state index in [0.29, 0.717) is 37.5 Å². The highest BCUT2D eigenvalue weighted by Crippen LogP contribution is 2.23. The fourth-order valence-corrected chi connectivity index (χ4v) is 4.50. The van der Waals surface area contributed by atoms with Crippen molar-refractivity contribution in [2.24, 2.45) is 0 Å². The molecule has 0 spiro atoms. The summed E-state index contributed by atoms with van der Waals surface area (Å²) in [5.41, 5.74) is 1.26. The van der Waals surface area contributed by atoms with Gasteiger partial charge in [-0.05, 0) is 53.3 Å². The molecule has 3 aromatic heterocycles. The maximum atomic E-state index is 12.3. The average molecular weight is 419 g/mol. The lowest BCUT2D eigenvalue weighted by Crippen LogP contribution is -2.37. The number of aryl methyl sites for hydroxylation is 1. The zero-order valence-electron chi connectivity index (χ0n) is 16.3. The number of nitrogens with one attached hydrogen (secondary N) is 1. The molecule has 1 atom stereocenters. The first-order valence-electron chi connectivity index (χ1n) is 9.60. The number of hydrogen-bond donors (Lipinski definition) is 1. The molecule has 1 unspecified atom stereocenters. The van der Waals surface area contributed by atoms with E-state index in [9.17, 15) is 4.79 Å². The molecule has 0 aromatic carbocycles. The third-order valence-corrected chi connectivity index (χ3v) is 6.25. The summed E-state index contributed by atoms with van der Waals surface area (Å²) in [6.45, 7) is 6.84. The number of amides is 1. The maximum absolute atomic E-state index is 12.3. The molecule has 1 N–H and O–H groups in total. The van der Waals surface area contributed by atoms with E-state index in [1.54, 1.807) is 22.7 Å². The van der Waals surface area contributed by atoms with E-state index in [1.165, 1.54) is 5.56 Å². The second-order valence-corrected chi connectivity index (χ2v) is 8.17. The Morgan fingerprint density at radius 2 is 2.14 bits per heavy atom. The van der Waals surface area contributed by atoms with E-state index in [1.807, 2.05) is 17.5 Å². The number of likely N-dealkylation sites (N-methyl/N-ethyl adjacent to an activating group) is 1. The SMILES string of the molecule is CCN(CC)C(CNC(=O)CCCc1nc(-c2cccs2)no1)c1ccsc1. The molecule has 3 rings (SSSR count). The predicted molar refractivity (Wildman–Crippen MR) is 114 cm³/mol. The van der Waals surface area contributed by atoms with Crippen LogP contribution in [0.25, 0.3) is 10.7 Å². The van der Waals surface area contributed by atoms with Crippen LogP contribution in [0, 0.1) is 0 Å². The first-order chi connectivity index (χ1) is 13.7. The average Bonchev–Trinajstić information content (AvgIpc) is 3.47. The molecule has 0 saturated carbocycles. The molecule has 8 heteroatoms. The van der Waals surface area contributed by atoms with Gasteiger partial charge in [-0.25, -0.2) is 0 Å². The van der Waals surface area contributed by atoms with E-state index < -0.39 is 0 Å². The van der Waals surface area contributed by atoms with Gasteiger partial charge in [0.15, 0.2) is 0 Å². The van der Waals surface area contributed by atoms with E-state index in [2.05, 4.69) is 51.0 Å². The van der Waals surface area contributed by atoms with Gasteiger partial charge < -0.3 is 9.84 Å². The summed E-state index contributed by atoms with van der Waals surface area (Å²) in [4.78, 5) is 20.1. The van der Waals surface area contributed by atoms with Crippen molar-refractivity contribution >= 4 is 28.6 Å². The van der Waals surface area contributed by atoms with Gasteiger partial charge in [-0.2, -0.15) is 16.3 Å². The third kappa shape index (κ3) is 5.50. The van der Waals surface area contributed by atoms with Crippen LogP contribution < -0.4 is 5.32 Å². The van der Waals surface area contributed by atoms with Crippen LogP contribution in [0.3, 0.4) is 0 Å². The summed E-state index contributed by atoms with van der Waals surface area (Å²) in [7, 11) is 0. The predicted octanol–water partition coefficient (Wildman–Crippen LogP) is 4.38. The number of thiophene rings is 2. The van der Waals surface area contributed by atoms with E-state index in [0.717, 1.165) is 18.0 Å². The maximum Gasteiger partial charge on any atom is 0.226 e. The molecule has 150 valence electrons. The van der Waals surface area contributed by atoms with Crippen LogP contribution in [-0.2, 0) is 11.2 Å². The van der Waals surface area contributed by atoms with Crippen LogP contribution in [0.4, 0.5) is 0 Å². The molecule has 0 radical (unpaired) electrons. The molecule has 28 heavy (non-hydrogen) atoms. The highest BCUT2D eigenvalue weighted by Gasteiger charge is 2.19. The zero-order chi connectivity index (χ0) is 19.8. The number of hydrogen-bond acceptors (Lipinski definition) is 7. The standard InChI is InChI=1S/C20H26N4O2S2/c1-3-24(4-2)16(15-10-12-27-14-15)13-21-18(25)8-5-9-19-22-20(23-26-19)17-7-6-11-28-17/h6-7,10-12,14,16H,3-5,8-9,13H2,1-2H3,(H,21,25). The molecular weight excluding hydrogens is 392 g/mol. The Morgan fingerprint density at radius 1 is 1.29 bits per heavy atom. The van der Waals surface area contributed by atoms with Gasteiger partial charge in [-0.15, -0.1) is 11.3 Å². The monoisotopic (exact) mass is 418 g/mol. The number of carbonyl (C=O) groups excluding carboxylic acids is 1. The lowest BCUT2D eigenvalue weighted by molar-refractivity contribution is -0.121. The molecule has 0 fully saturated rings. The quantitative estimate of drug-likeness (QED) is 0.500. The Hall–Kier alpha value is -2.03. The first kappa shape index (κ1) is 20.7. The molecule has 1 amide bonds. The zero-order valence-corrected chi connectivity index (χ0v) is 17.9. The van der Waals surface area contributed by atoms with Crippen molar-refractivity contribution in [2.45, 2.75) is 39.2 Å². The van der Waals surface area contributed by atoms with Gasteiger partial charge in [0, 0.05) is 19.4 Å². The minimum Gasteiger partial charge on any atom is -0.354 e. The highest BCUT2D eigenvalue weighted by molar-refractivity contribution is 7.13. The Labute approximate surface area is 173 Å². The van der Waals surface area contributed by atoms with Crippen molar-refractivity contribution in [3.05, 3.63) is 45.8 Å². The van der Waals surface area contributed by atoms with Gasteiger partial charge in [0.25, 0.3) is 0 Å². The minimum atomic E-state index is 0.0605. The largest absolute Gasteiger partial charge is 0.354 e. The Balaban J connectivity index is 1.45. The van der Waals surface area contributed by atoms with Crippen LogP contribution >= 0.6 is 22.7 Å². The summed E-state index contributed by atoms with van der Waals surface area (Å²) >= 11 is 3.27. The van der Waals surface area contributed by atoms with Crippen molar-refractivity contribution in [3.8, 4) is 10.7 Å². The summed E-state index contributed by atoms with van der Waals surface area (Å²) in [6.07, 6.45) is 1.74. The third-order valence-electron chi connectivity index (χ3n) is 4.68. The van der Waals surface area contributed by atoms with Gasteiger partial charge in [0.2, 0.25) is 17.6 Å². The molecule has 6 nitrogen and oxygen atoms in total. The van der Waals surface area contributed by atoms with Crippen molar-refractivity contribution < 1.29 is 9.32 Å². The van der Waals surface area contributed by atoms with Gasteiger partial charge in [0.1, 0.15) is 0 Å². The molecule has 0 saturated heterocycles. The Kier molecular flexibility index (Phi) is 7.76. The molecule has 3 aromatic rings. The fourth-order valence-electron chi connectivity index (χ4n) is 3.15. The van der Waals surface area contributed by atoms with E-state index >= 15 is 0 Å². The van der Waals surface area contributed by atoms with Crippen LogP contribution in [0.1, 0.15) is 44.2 Å². The second kappa shape index (κ2) is 10.5. The first-order valence-corrected chi connectivity index (χ1v) is 11.4. The molecule has 3 heterocycles. The van der Waals surface area contributed by atoms with Crippen LogP contribution in [0.5, 0.6) is 0 Å². The van der Waals surface area contributed by atoms with Crippen molar-refractivity contribution in [2.75, 3.05) is 19.6 Å². The number of aromatic nitrogens is 2. The number of nitrogens with zero attached hydrogens (tertiary/aromatic N) is 3. The summed E-state index contributed by atoms with van der Waals surface area (Å²) < 4.78 is 5.29. The van der Waals surface area contributed by atoms with Gasteiger partial charge >= 0.3 is 0 Å².